The van der Waals surface area contributed by atoms with Crippen LogP contribution in [-0.4, -0.2) is 45.1 Å². The molecule has 8 heteroatoms. The molecule has 2 aromatic rings. The van der Waals surface area contributed by atoms with Crippen LogP contribution in [0.2, 0.25) is 0 Å². The van der Waals surface area contributed by atoms with E-state index in [2.05, 4.69) is 17.6 Å². The fourth-order valence-corrected chi connectivity index (χ4v) is 3.46. The predicted octanol–water partition coefficient (Wildman–Crippen LogP) is 3.88. The van der Waals surface area contributed by atoms with Crippen molar-refractivity contribution in [2.24, 2.45) is 0 Å². The lowest BCUT2D eigenvalue weighted by Crippen LogP contribution is -2.39. The van der Waals surface area contributed by atoms with Crippen molar-refractivity contribution in [3.05, 3.63) is 54.0 Å². The van der Waals surface area contributed by atoms with Crippen molar-refractivity contribution in [1.29, 1.82) is 0 Å². The molecule has 1 fully saturated rings. The highest BCUT2D eigenvalue weighted by molar-refractivity contribution is 7.96. The van der Waals surface area contributed by atoms with Crippen LogP contribution in [0.15, 0.2) is 42.6 Å². The third-order valence-corrected chi connectivity index (χ3v) is 4.81. The minimum atomic E-state index is -0.332. The zero-order chi connectivity index (χ0) is 20.1. The first kappa shape index (κ1) is 20.1. The van der Waals surface area contributed by atoms with Gasteiger partial charge in [-0.3, -0.25) is 9.59 Å². The Morgan fingerprint density at radius 2 is 2.07 bits per heavy atom. The molecule has 1 aromatic carbocycles. The Hall–Kier alpha value is -2.61. The summed E-state index contributed by atoms with van der Waals surface area (Å²) in [6.45, 7) is 3.48. The molecule has 3 rings (SSSR count). The molecule has 6 nitrogen and oxygen atoms in total. The Morgan fingerprint density at radius 1 is 1.32 bits per heavy atom. The number of halogens is 1. The second kappa shape index (κ2) is 9.05. The molecule has 28 heavy (non-hydrogen) atoms. The number of aromatic nitrogens is 1. The molecule has 2 amide bonds. The van der Waals surface area contributed by atoms with E-state index in [0.29, 0.717) is 37.7 Å². The quantitative estimate of drug-likeness (QED) is 0.713. The fourth-order valence-electron chi connectivity index (χ4n) is 3.20. The lowest BCUT2D eigenvalue weighted by molar-refractivity contribution is -0.128. The highest BCUT2D eigenvalue weighted by Gasteiger charge is 2.34. The number of carbonyl (C=O) groups is 2. The molecule has 0 unspecified atom stereocenters. The van der Waals surface area contributed by atoms with Crippen molar-refractivity contribution >= 4 is 23.8 Å². The summed E-state index contributed by atoms with van der Waals surface area (Å²) in [7, 11) is 0. The van der Waals surface area contributed by atoms with Crippen LogP contribution in [0.1, 0.15) is 25.3 Å². The van der Waals surface area contributed by atoms with Crippen LogP contribution in [0.3, 0.4) is 0 Å². The Morgan fingerprint density at radius 3 is 2.68 bits per heavy atom. The van der Waals surface area contributed by atoms with Crippen molar-refractivity contribution < 1.29 is 18.7 Å². The maximum absolute atomic E-state index is 12.9. The number of carbonyl (C=O) groups excluding carboxylic acids is 2. The first-order valence-electron chi connectivity index (χ1n) is 9.12. The largest absolute Gasteiger partial charge is 0.439 e. The van der Waals surface area contributed by atoms with Crippen molar-refractivity contribution in [1.82, 2.24) is 14.8 Å². The van der Waals surface area contributed by atoms with Crippen molar-refractivity contribution in [3.63, 3.8) is 0 Å². The predicted molar refractivity (Wildman–Crippen MR) is 106 cm³/mol. The zero-order valence-electron chi connectivity index (χ0n) is 15.5. The molecule has 0 N–H and O–H groups in total. The third kappa shape index (κ3) is 5.01. The second-order valence-corrected chi connectivity index (χ2v) is 7.05. The summed E-state index contributed by atoms with van der Waals surface area (Å²) >= 11 is 3.93. The molecule has 0 bridgehead atoms. The van der Waals surface area contributed by atoms with Gasteiger partial charge in [-0.15, -0.1) is 0 Å². The average Bonchev–Trinajstić information content (AvgIpc) is 3.03. The van der Waals surface area contributed by atoms with Crippen LogP contribution >= 0.6 is 12.6 Å². The smallest absolute Gasteiger partial charge is 0.278 e. The van der Waals surface area contributed by atoms with Crippen LogP contribution in [0.5, 0.6) is 11.6 Å². The molecule has 1 aliphatic heterocycles. The number of benzene rings is 1. The maximum atomic E-state index is 12.9. The number of rotatable bonds is 7. The second-order valence-electron chi connectivity index (χ2n) is 6.67. The topological polar surface area (TPSA) is 62.7 Å². The summed E-state index contributed by atoms with van der Waals surface area (Å²) in [5.74, 6) is 0.552. The van der Waals surface area contributed by atoms with E-state index >= 15 is 0 Å². The van der Waals surface area contributed by atoms with Crippen LogP contribution in [0, 0.1) is 5.82 Å². The van der Waals surface area contributed by atoms with Gasteiger partial charge in [-0.25, -0.2) is 9.37 Å². The summed E-state index contributed by atoms with van der Waals surface area (Å²) in [6, 6.07) is 9.08. The number of pyridine rings is 1. The van der Waals surface area contributed by atoms with Crippen LogP contribution in [0.4, 0.5) is 9.18 Å². The molecule has 1 atom stereocenters. The number of nitrogens with zero attached hydrogens (tertiary/aromatic N) is 3. The van der Waals surface area contributed by atoms with Gasteiger partial charge in [0.25, 0.3) is 5.24 Å². The zero-order valence-corrected chi connectivity index (χ0v) is 16.4. The Kier molecular flexibility index (Phi) is 6.51. The normalized spacial score (nSPS) is 16.3. The van der Waals surface area contributed by atoms with E-state index in [1.807, 2.05) is 13.0 Å². The lowest BCUT2D eigenvalue weighted by atomic mass is 10.2. The highest BCUT2D eigenvalue weighted by atomic mass is 32.1. The molecule has 1 aromatic heterocycles. The molecule has 2 heterocycles. The van der Waals surface area contributed by atoms with Gasteiger partial charge in [-0.2, -0.15) is 0 Å². The van der Waals surface area contributed by atoms with Gasteiger partial charge in [0, 0.05) is 38.3 Å². The molecular weight excluding hydrogens is 381 g/mol. The Balaban J connectivity index is 1.60. The third-order valence-electron chi connectivity index (χ3n) is 4.55. The summed E-state index contributed by atoms with van der Waals surface area (Å²) in [4.78, 5) is 31.7. The van der Waals surface area contributed by atoms with Gasteiger partial charge < -0.3 is 14.5 Å². The van der Waals surface area contributed by atoms with Gasteiger partial charge in [0.15, 0.2) is 0 Å². The number of thiol groups is 1. The van der Waals surface area contributed by atoms with Crippen molar-refractivity contribution in [3.8, 4) is 11.6 Å². The standard InChI is InChI=1S/C20H22FN3O3S/c1-2-9-24(20(26)28)16-10-19(25)23(13-16)12-14-3-8-18(22-11-14)27-17-6-4-15(21)5-7-17/h3-8,11,16H,2,9-10,12-13H2,1H3,(H,26,28)/t16-/m1/s1. The van der Waals surface area contributed by atoms with Crippen LogP contribution in [0.25, 0.3) is 0 Å². The SMILES string of the molecule is CCCN(C(=O)S)[C@@H]1CC(=O)N(Cc2ccc(Oc3ccc(F)cc3)nc2)C1. The highest BCUT2D eigenvalue weighted by Crippen LogP contribution is 2.23. The number of ether oxygens (including phenoxy) is 1. The Labute approximate surface area is 168 Å². The summed E-state index contributed by atoms with van der Waals surface area (Å²) < 4.78 is 18.5. The minimum Gasteiger partial charge on any atom is -0.439 e. The van der Waals surface area contributed by atoms with Crippen LogP contribution in [-0.2, 0) is 11.3 Å². The van der Waals surface area contributed by atoms with E-state index in [9.17, 15) is 14.0 Å². The Bertz CT molecular complexity index is 830. The maximum Gasteiger partial charge on any atom is 0.278 e. The number of likely N-dealkylation sites (tertiary alicyclic amines) is 1. The average molecular weight is 403 g/mol. The van der Waals surface area contributed by atoms with E-state index in [4.69, 9.17) is 4.74 Å². The number of hydrogen-bond donors (Lipinski definition) is 1. The van der Waals surface area contributed by atoms with E-state index in [1.165, 1.54) is 24.3 Å². The van der Waals surface area contributed by atoms with Crippen molar-refractivity contribution in [2.45, 2.75) is 32.4 Å². The van der Waals surface area contributed by atoms with E-state index in [1.54, 1.807) is 22.1 Å². The van der Waals surface area contributed by atoms with Crippen LogP contribution < -0.4 is 4.74 Å². The summed E-state index contributed by atoms with van der Waals surface area (Å²) in [5, 5.41) is -0.300. The first-order chi connectivity index (χ1) is 13.5. The first-order valence-corrected chi connectivity index (χ1v) is 9.56. The van der Waals surface area contributed by atoms with E-state index < -0.39 is 0 Å². The van der Waals surface area contributed by atoms with Gasteiger partial charge >= 0.3 is 0 Å². The summed E-state index contributed by atoms with van der Waals surface area (Å²) in [6.07, 6.45) is 2.77. The van der Waals surface area contributed by atoms with Gasteiger partial charge in [0.1, 0.15) is 11.6 Å². The van der Waals surface area contributed by atoms with Gasteiger partial charge in [0.05, 0.1) is 6.04 Å². The van der Waals surface area contributed by atoms with E-state index in [-0.39, 0.29) is 23.0 Å². The molecular formula is C20H22FN3O3S. The molecule has 1 saturated heterocycles. The number of amides is 2. The molecule has 1 aliphatic rings. The van der Waals surface area contributed by atoms with Gasteiger partial charge in [0.2, 0.25) is 11.8 Å². The van der Waals surface area contributed by atoms with Gasteiger partial charge in [-0.05, 0) is 36.2 Å². The van der Waals surface area contributed by atoms with E-state index in [0.717, 1.165) is 12.0 Å². The molecule has 0 aliphatic carbocycles. The lowest BCUT2D eigenvalue weighted by Gasteiger charge is -2.26. The van der Waals surface area contributed by atoms with Gasteiger partial charge in [-0.1, -0.05) is 25.6 Å². The molecule has 0 spiro atoms. The molecule has 0 radical (unpaired) electrons. The number of hydrogen-bond acceptors (Lipinski definition) is 4. The minimum absolute atomic E-state index is 0.00678. The monoisotopic (exact) mass is 403 g/mol. The fraction of sp³-hybridized carbons (Fsp3) is 0.350. The van der Waals surface area contributed by atoms with Crippen molar-refractivity contribution in [2.75, 3.05) is 13.1 Å². The molecule has 0 saturated carbocycles. The summed E-state index contributed by atoms with van der Waals surface area (Å²) in [5.41, 5.74) is 0.861. The molecule has 148 valence electrons.